The van der Waals surface area contributed by atoms with Crippen molar-refractivity contribution in [3.8, 4) is 0 Å². The van der Waals surface area contributed by atoms with Gasteiger partial charge in [-0.05, 0) is 55.2 Å². The lowest BCUT2D eigenvalue weighted by molar-refractivity contribution is -0.142. The zero-order valence-corrected chi connectivity index (χ0v) is 18.1. The molecule has 6 heteroatoms. The Morgan fingerprint density at radius 2 is 1.24 bits per heavy atom. The maximum atomic E-state index is 14.3. The fourth-order valence-electron chi connectivity index (χ4n) is 5.74. The average Bonchev–Trinajstić information content (AvgIpc) is 3.35. The zero-order chi connectivity index (χ0) is 22.6. The fourth-order valence-corrected chi connectivity index (χ4v) is 5.74. The van der Waals surface area contributed by atoms with E-state index in [1.54, 1.807) is 48.5 Å². The van der Waals surface area contributed by atoms with Gasteiger partial charge in [0.1, 0.15) is 0 Å². The number of fused-ring (bicyclic) bond motifs is 4. The molecular formula is C27H23N3O3. The number of hydrogen-bond acceptors (Lipinski definition) is 4. The first-order chi connectivity index (χ1) is 16.1. The van der Waals surface area contributed by atoms with Gasteiger partial charge in [0.2, 0.25) is 0 Å². The van der Waals surface area contributed by atoms with Crippen LogP contribution in [0.15, 0.2) is 84.9 Å². The predicted molar refractivity (Wildman–Crippen MR) is 126 cm³/mol. The van der Waals surface area contributed by atoms with Crippen molar-refractivity contribution in [2.45, 2.75) is 25.3 Å². The number of anilines is 3. The van der Waals surface area contributed by atoms with Crippen molar-refractivity contribution in [3.63, 3.8) is 0 Å². The van der Waals surface area contributed by atoms with E-state index in [1.165, 1.54) is 9.80 Å². The first-order valence-electron chi connectivity index (χ1n) is 11.3. The molecule has 1 spiro atoms. The van der Waals surface area contributed by atoms with Crippen LogP contribution in [0.25, 0.3) is 0 Å². The highest BCUT2D eigenvalue weighted by Crippen LogP contribution is 2.50. The molecule has 0 unspecified atom stereocenters. The summed E-state index contributed by atoms with van der Waals surface area (Å²) in [7, 11) is 0. The number of hydrogen-bond donors (Lipinski definition) is 0. The fraction of sp³-hybridized carbons (Fsp3) is 0.222. The van der Waals surface area contributed by atoms with E-state index in [9.17, 15) is 14.4 Å². The van der Waals surface area contributed by atoms with Crippen molar-refractivity contribution >= 4 is 34.9 Å². The molecule has 0 bridgehead atoms. The largest absolute Gasteiger partial charge is 0.367 e. The van der Waals surface area contributed by atoms with Crippen LogP contribution in [0.1, 0.15) is 18.4 Å². The molecule has 3 aromatic rings. The highest BCUT2D eigenvalue weighted by Gasteiger charge is 2.65. The van der Waals surface area contributed by atoms with Crippen LogP contribution in [-0.4, -0.2) is 30.4 Å². The van der Waals surface area contributed by atoms with Gasteiger partial charge in [-0.2, -0.15) is 0 Å². The van der Waals surface area contributed by atoms with E-state index in [2.05, 4.69) is 11.0 Å². The molecule has 0 aromatic heterocycles. The summed E-state index contributed by atoms with van der Waals surface area (Å²) in [6.45, 7) is 0.786. The topological polar surface area (TPSA) is 60.9 Å². The van der Waals surface area contributed by atoms with Gasteiger partial charge in [-0.1, -0.05) is 54.6 Å². The van der Waals surface area contributed by atoms with Crippen LogP contribution < -0.4 is 14.7 Å². The lowest BCUT2D eigenvalue weighted by atomic mass is 9.68. The predicted octanol–water partition coefficient (Wildman–Crippen LogP) is 4.40. The zero-order valence-electron chi connectivity index (χ0n) is 18.1. The lowest BCUT2D eigenvalue weighted by Crippen LogP contribution is -2.72. The van der Waals surface area contributed by atoms with Gasteiger partial charge < -0.3 is 4.90 Å². The molecule has 3 heterocycles. The minimum atomic E-state index is -1.37. The van der Waals surface area contributed by atoms with E-state index in [4.69, 9.17) is 0 Å². The molecule has 1 atom stereocenters. The summed E-state index contributed by atoms with van der Waals surface area (Å²) in [5, 5.41) is 0. The number of carbonyl (C=O) groups excluding carboxylic acids is 3. The van der Waals surface area contributed by atoms with E-state index in [0.29, 0.717) is 11.4 Å². The molecular weight excluding hydrogens is 414 g/mol. The Labute approximate surface area is 192 Å². The minimum absolute atomic E-state index is 0.280. The van der Waals surface area contributed by atoms with Crippen LogP contribution in [0.5, 0.6) is 0 Å². The molecule has 3 aromatic carbocycles. The smallest absolute Gasteiger partial charge is 0.342 e. The number of imide groups is 2. The number of urea groups is 1. The maximum Gasteiger partial charge on any atom is 0.342 e. The molecule has 33 heavy (non-hydrogen) atoms. The van der Waals surface area contributed by atoms with Crippen LogP contribution in [0.2, 0.25) is 0 Å². The Morgan fingerprint density at radius 3 is 1.85 bits per heavy atom. The number of amides is 4. The number of barbiturate groups is 1. The first kappa shape index (κ1) is 19.7. The summed E-state index contributed by atoms with van der Waals surface area (Å²) in [5.41, 5.74) is 1.63. The molecule has 4 amide bonds. The summed E-state index contributed by atoms with van der Waals surface area (Å²) in [4.78, 5) is 46.9. The molecule has 3 aliphatic heterocycles. The molecule has 0 saturated carbocycles. The van der Waals surface area contributed by atoms with E-state index in [-0.39, 0.29) is 12.5 Å². The number of benzene rings is 3. The van der Waals surface area contributed by atoms with Crippen LogP contribution in [-0.2, 0) is 16.0 Å². The number of rotatable bonds is 2. The molecule has 6 rings (SSSR count). The van der Waals surface area contributed by atoms with E-state index in [1.807, 2.05) is 30.3 Å². The van der Waals surface area contributed by atoms with Crippen molar-refractivity contribution in [2.75, 3.05) is 21.2 Å². The van der Waals surface area contributed by atoms with Crippen LogP contribution >= 0.6 is 0 Å². The summed E-state index contributed by atoms with van der Waals surface area (Å²) in [5.74, 6) is -0.857. The summed E-state index contributed by atoms with van der Waals surface area (Å²) < 4.78 is 0. The van der Waals surface area contributed by atoms with Crippen molar-refractivity contribution < 1.29 is 14.4 Å². The average molecular weight is 437 g/mol. The number of para-hydroxylation sites is 3. The van der Waals surface area contributed by atoms with E-state index in [0.717, 1.165) is 30.6 Å². The number of nitrogens with zero attached hydrogens (tertiary/aromatic N) is 3. The highest BCUT2D eigenvalue weighted by molar-refractivity contribution is 6.39. The monoisotopic (exact) mass is 437 g/mol. The van der Waals surface area contributed by atoms with Gasteiger partial charge in [0, 0.05) is 12.2 Å². The molecule has 2 fully saturated rings. The van der Waals surface area contributed by atoms with Gasteiger partial charge in [0.05, 0.1) is 17.4 Å². The Morgan fingerprint density at radius 1 is 0.697 bits per heavy atom. The molecule has 6 nitrogen and oxygen atoms in total. The SMILES string of the molecule is O=C1N(c2ccccc2)C(=O)C2(Cc3ccccc3N3CCC[C@H]32)C(=O)N1c1ccccc1. The third-order valence-electron chi connectivity index (χ3n) is 7.17. The van der Waals surface area contributed by atoms with Crippen molar-refractivity contribution in [3.05, 3.63) is 90.5 Å². The van der Waals surface area contributed by atoms with Crippen LogP contribution in [0.4, 0.5) is 21.9 Å². The molecule has 2 saturated heterocycles. The molecule has 164 valence electrons. The van der Waals surface area contributed by atoms with Gasteiger partial charge in [-0.15, -0.1) is 0 Å². The Bertz CT molecular complexity index is 1200. The third-order valence-corrected chi connectivity index (χ3v) is 7.17. The van der Waals surface area contributed by atoms with Crippen molar-refractivity contribution in [1.82, 2.24) is 0 Å². The molecule has 0 radical (unpaired) electrons. The van der Waals surface area contributed by atoms with E-state index >= 15 is 0 Å². The lowest BCUT2D eigenvalue weighted by Gasteiger charge is -2.51. The van der Waals surface area contributed by atoms with Gasteiger partial charge in [0.15, 0.2) is 5.41 Å². The summed E-state index contributed by atoms with van der Waals surface area (Å²) >= 11 is 0. The van der Waals surface area contributed by atoms with Gasteiger partial charge in [0.25, 0.3) is 11.8 Å². The van der Waals surface area contributed by atoms with E-state index < -0.39 is 23.3 Å². The molecule has 0 N–H and O–H groups in total. The summed E-state index contributed by atoms with van der Waals surface area (Å²) in [6, 6.07) is 24.9. The second-order valence-corrected chi connectivity index (χ2v) is 8.86. The maximum absolute atomic E-state index is 14.3. The van der Waals surface area contributed by atoms with Gasteiger partial charge in [-0.25, -0.2) is 14.6 Å². The van der Waals surface area contributed by atoms with Crippen molar-refractivity contribution in [1.29, 1.82) is 0 Å². The first-order valence-corrected chi connectivity index (χ1v) is 11.3. The second-order valence-electron chi connectivity index (χ2n) is 8.86. The summed E-state index contributed by atoms with van der Waals surface area (Å²) in [6.07, 6.45) is 1.90. The van der Waals surface area contributed by atoms with Crippen LogP contribution in [0.3, 0.4) is 0 Å². The standard InChI is InChI=1S/C27H23N3O3/c31-24-27(18-19-10-7-8-15-22(19)28-17-9-16-23(27)28)25(32)30(21-13-5-2-6-14-21)26(33)29(24)20-11-3-1-4-12-20/h1-8,10-15,23H,9,16-18H2/t23-/m0/s1. The van der Waals surface area contributed by atoms with Gasteiger partial charge >= 0.3 is 6.03 Å². The normalized spacial score (nSPS) is 21.4. The number of carbonyl (C=O) groups is 3. The molecule has 3 aliphatic rings. The third kappa shape index (κ3) is 2.70. The van der Waals surface area contributed by atoms with Crippen molar-refractivity contribution in [2.24, 2.45) is 5.41 Å². The Kier molecular flexibility index (Phi) is 4.37. The quantitative estimate of drug-likeness (QED) is 0.558. The minimum Gasteiger partial charge on any atom is -0.367 e. The second kappa shape index (κ2) is 7.30. The van der Waals surface area contributed by atoms with Gasteiger partial charge in [-0.3, -0.25) is 9.59 Å². The van der Waals surface area contributed by atoms with Crippen LogP contribution in [0, 0.1) is 5.41 Å². The highest BCUT2D eigenvalue weighted by atomic mass is 16.2. The molecule has 0 aliphatic carbocycles. The Hall–Kier alpha value is -3.93. The Balaban J connectivity index is 1.59.